The van der Waals surface area contributed by atoms with Crippen molar-refractivity contribution in [2.45, 2.75) is 364 Å². The molecule has 3 N–H and O–H groups in total. The second kappa shape index (κ2) is 77.4. The molecular weight excluding hydrogens is 1760 g/mol. The average molecular weight is 1950 g/mol. The van der Waals surface area contributed by atoms with E-state index in [9.17, 15) is 9.18 Å². The fourth-order valence-electron chi connectivity index (χ4n) is 13.1. The molecule has 12 aromatic rings. The van der Waals surface area contributed by atoms with Crippen LogP contribution in [0.3, 0.4) is 0 Å². The van der Waals surface area contributed by atoms with Crippen molar-refractivity contribution in [1.82, 2.24) is 19.9 Å². The Morgan fingerprint density at radius 2 is 0.790 bits per heavy atom. The first-order valence-electron chi connectivity index (χ1n) is 45.6. The highest BCUT2D eigenvalue weighted by molar-refractivity contribution is 6.42. The van der Waals surface area contributed by atoms with Crippen molar-refractivity contribution in [2.75, 3.05) is 0 Å². The van der Waals surface area contributed by atoms with Crippen LogP contribution in [0.25, 0.3) is 9.69 Å². The molecule has 762 valence electrons. The molecule has 9 aromatic carbocycles. The van der Waals surface area contributed by atoms with Crippen LogP contribution >= 0.6 is 34.8 Å². The van der Waals surface area contributed by atoms with E-state index in [0.29, 0.717) is 80.7 Å². The molecule has 3 aromatic heterocycles. The van der Waals surface area contributed by atoms with E-state index >= 15 is 0 Å². The molecule has 1 amide bonds. The minimum atomic E-state index is -0.359. The number of carbonyl (C=O) groups excluding carboxylic acids is 1. The van der Waals surface area contributed by atoms with Crippen LogP contribution in [0, 0.1) is 53.6 Å². The molecule has 3 heterocycles. The van der Waals surface area contributed by atoms with E-state index in [1.54, 1.807) is 42.4 Å². The van der Waals surface area contributed by atoms with E-state index in [2.05, 4.69) is 282 Å². The quantitative estimate of drug-likeness (QED) is 0.0986. The summed E-state index contributed by atoms with van der Waals surface area (Å²) in [7, 11) is 0. The van der Waals surface area contributed by atoms with Crippen molar-refractivity contribution in [3.63, 3.8) is 0 Å². The number of aliphatic hydroxyl groups excluding tert-OH is 1. The topological polar surface area (TPSA) is 124 Å². The second-order valence-electron chi connectivity index (χ2n) is 36.1. The zero-order valence-electron chi connectivity index (χ0n) is 83.0. The predicted molar refractivity (Wildman–Crippen MR) is 616 cm³/mol. The summed E-state index contributed by atoms with van der Waals surface area (Å²) in [6.07, 6.45) is 11.9. The molecule has 1 fully saturated rings. The van der Waals surface area contributed by atoms with Crippen molar-refractivity contribution >= 4 is 52.1 Å². The van der Waals surface area contributed by atoms with Crippen LogP contribution in [0.1, 0.15) is 439 Å². The van der Waals surface area contributed by atoms with Crippen LogP contribution in [-0.4, -0.2) is 30.9 Å². The third-order valence-electron chi connectivity index (χ3n) is 21.1. The smallest absolute Gasteiger partial charge is 0.248 e. The van der Waals surface area contributed by atoms with E-state index in [1.165, 1.54) is 85.7 Å². The number of aromatic nitrogens is 4. The SMILES string of the molecule is C.C.C.C.C.C.C.C.C.CC(C)c1cccc(C2CC2)c1.CC(C)c1cccc(CO)c1.CC(C)c1cccc(Cl)c1Cl.CC(C)c1ccccc1Cl.CC(C)c1cccnc1.CC(C)c1ncccn1.Cc1ccc(C(N)=O)cc1C(C)C.Cc1cccc(C(C)C)c1.Cc1cccc(F)c1C(C)C.Cc1ncccc1C(C)C.[C-]#[N+]c1ccc(C)c(C(C)C)c1.[C-]#[N+]c1cccc(C(C)C)c1. The molecular formula is C125H187Cl3FN7O2. The highest BCUT2D eigenvalue weighted by atomic mass is 35.5. The van der Waals surface area contributed by atoms with Gasteiger partial charge in [-0.25, -0.2) is 24.0 Å². The van der Waals surface area contributed by atoms with E-state index in [0.717, 1.165) is 56.1 Å². The van der Waals surface area contributed by atoms with Gasteiger partial charge in [0.1, 0.15) is 11.6 Å². The van der Waals surface area contributed by atoms with Crippen molar-refractivity contribution in [3.05, 3.63) is 411 Å². The summed E-state index contributed by atoms with van der Waals surface area (Å²) in [5.74, 6) is 7.53. The number of primary amides is 1. The van der Waals surface area contributed by atoms with Crippen LogP contribution in [-0.2, 0) is 6.61 Å². The highest BCUT2D eigenvalue weighted by Crippen LogP contribution is 2.41. The fraction of sp³-hybridized carbons (Fsp3) is 0.432. The van der Waals surface area contributed by atoms with Gasteiger partial charge >= 0.3 is 0 Å². The normalized spacial score (nSPS) is 10.2. The Balaban J connectivity index is -0.000000222. The summed E-state index contributed by atoms with van der Waals surface area (Å²) >= 11 is 17.7. The molecule has 0 unspecified atom stereocenters. The monoisotopic (exact) mass is 1940 g/mol. The van der Waals surface area contributed by atoms with Gasteiger partial charge in [-0.1, -0.05) is 466 Å². The molecule has 9 nitrogen and oxygen atoms in total. The average Bonchev–Trinajstić information content (AvgIpc) is 1.68. The van der Waals surface area contributed by atoms with Crippen LogP contribution < -0.4 is 5.73 Å². The minimum absolute atomic E-state index is 0. The Hall–Kier alpha value is -10.4. The molecule has 13 rings (SSSR count). The molecule has 0 radical (unpaired) electrons. The van der Waals surface area contributed by atoms with Gasteiger partial charge < -0.3 is 10.8 Å². The van der Waals surface area contributed by atoms with Gasteiger partial charge in [0, 0.05) is 53.2 Å². The number of halogens is 4. The number of benzene rings is 9. The van der Waals surface area contributed by atoms with Gasteiger partial charge in [0.05, 0.1) is 29.8 Å². The Kier molecular flexibility index (Phi) is 80.2. The maximum atomic E-state index is 13.1. The molecule has 0 atom stereocenters. The molecule has 1 aliphatic carbocycles. The Labute approximate surface area is 860 Å². The van der Waals surface area contributed by atoms with Gasteiger partial charge in [0.15, 0.2) is 11.4 Å². The van der Waals surface area contributed by atoms with Crippen LogP contribution in [0.4, 0.5) is 15.8 Å². The van der Waals surface area contributed by atoms with Gasteiger partial charge in [0.2, 0.25) is 5.91 Å². The number of aliphatic hydroxyl groups is 1. The van der Waals surface area contributed by atoms with Gasteiger partial charge in [-0.3, -0.25) is 14.8 Å². The Bertz CT molecular complexity index is 5140. The summed E-state index contributed by atoms with van der Waals surface area (Å²) in [6.45, 7) is 75.4. The molecule has 1 aliphatic rings. The molecule has 0 saturated heterocycles. The lowest BCUT2D eigenvalue weighted by Gasteiger charge is -2.10. The second-order valence-corrected chi connectivity index (χ2v) is 37.3. The lowest BCUT2D eigenvalue weighted by molar-refractivity contribution is 0.1000. The minimum Gasteiger partial charge on any atom is -0.392 e. The van der Waals surface area contributed by atoms with E-state index in [1.807, 2.05) is 161 Å². The lowest BCUT2D eigenvalue weighted by Crippen LogP contribution is -2.11. The number of rotatable bonds is 15. The van der Waals surface area contributed by atoms with Gasteiger partial charge in [-0.05, 0) is 239 Å². The molecule has 1 saturated carbocycles. The maximum absolute atomic E-state index is 13.1. The zero-order valence-corrected chi connectivity index (χ0v) is 85.3. The standard InChI is InChI=1S/C12H16.C11H15NO.C11H13N.C10H13F.C10H11N.C10H14O.C10H14.C9H10Cl2.C9H11Cl.C9H13N.C8H11N.C7H10N2.9CH4/c1-9(2)11-4-3-5-12(8-11)10-6-7-10;1-7(2)10-6-9(11(12)13)5-4-8(10)3;1-8(2)11-7-10(12-4)6-5-9(11)3;1-7(2)10-8(3)5-4-6-9(10)11;1-8(2)9-5-4-6-10(7-9)11-3;1-8(2)10-5-3-4-9(6-10)7-11;1-8(2)10-6-4-5-9(3)7-10;1-6(2)7-4-3-5-8(10)9(7)11;1-7(2)8-5-3-4-6-9(8)10;1-7(2)9-5-4-6-10-8(9)3;1-7(2)8-4-3-5-9-6-8;1-6(2)7-8-4-3-5-9-7;;;;;;;;;/h3-5,8-10H,6-7H2,1-2H3;4-7H,1-3H3,(H2,12,13);5-8H,1-3H3;4-7H,1-3H3;4-8H,1-2H3;3-6,8,11H,7H2,1-2H3;4-8H,1-3H3;3-6H,1-2H3;3-7H,1-2H3;4-7H,1-3H3;3-7H,1-2H3;3-6H,1-2H3;9*1H4. The van der Waals surface area contributed by atoms with Gasteiger partial charge in [0.25, 0.3) is 0 Å². The van der Waals surface area contributed by atoms with Gasteiger partial charge in [-0.15, -0.1) is 0 Å². The molecule has 138 heavy (non-hydrogen) atoms. The molecule has 13 heteroatoms. The Morgan fingerprint density at radius 3 is 1.18 bits per heavy atom. The number of nitrogens with two attached hydrogens (primary N) is 1. The summed E-state index contributed by atoms with van der Waals surface area (Å²) in [5.41, 5.74) is 29.6. The van der Waals surface area contributed by atoms with Crippen molar-refractivity contribution in [3.8, 4) is 0 Å². The van der Waals surface area contributed by atoms with E-state index < -0.39 is 0 Å². The number of amides is 1. The van der Waals surface area contributed by atoms with Crippen LogP contribution in [0.15, 0.2) is 255 Å². The summed E-state index contributed by atoms with van der Waals surface area (Å²) in [4.78, 5) is 34.0. The van der Waals surface area contributed by atoms with E-state index in [-0.39, 0.29) is 91.1 Å². The maximum Gasteiger partial charge on any atom is 0.248 e. The number of nitrogens with zero attached hydrogens (tertiary/aromatic N) is 6. The number of carbonyl (C=O) groups is 1. The first-order chi connectivity index (χ1) is 60.9. The number of aryl methyl sites for hydroxylation is 5. The predicted octanol–water partition coefficient (Wildman–Crippen LogP) is 41.2. The number of hydrogen-bond donors (Lipinski definition) is 2. The highest BCUT2D eigenvalue weighted by Gasteiger charge is 2.23. The first kappa shape index (κ1) is 143. The third kappa shape index (κ3) is 56.0. The van der Waals surface area contributed by atoms with Crippen molar-refractivity contribution in [1.29, 1.82) is 0 Å². The summed E-state index contributed by atoms with van der Waals surface area (Å²) < 4.78 is 13.1. The fourth-order valence-corrected chi connectivity index (χ4v) is 14.0. The summed E-state index contributed by atoms with van der Waals surface area (Å²) in [6, 6.07) is 73.9. The molecule has 0 spiro atoms. The van der Waals surface area contributed by atoms with Crippen molar-refractivity contribution in [2.24, 2.45) is 5.73 Å². The third-order valence-corrected chi connectivity index (χ3v) is 22.3. The lowest BCUT2D eigenvalue weighted by atomic mass is 9.96. The van der Waals surface area contributed by atoms with Gasteiger partial charge in [-0.2, -0.15) is 0 Å². The molecule has 0 bridgehead atoms. The van der Waals surface area contributed by atoms with Crippen LogP contribution in [0.5, 0.6) is 0 Å². The number of pyridine rings is 2. The zero-order chi connectivity index (χ0) is 97.2. The first-order valence-corrected chi connectivity index (χ1v) is 46.8. The van der Waals surface area contributed by atoms with Crippen LogP contribution in [0.2, 0.25) is 15.1 Å². The Morgan fingerprint density at radius 1 is 0.377 bits per heavy atom. The molecule has 0 aliphatic heterocycles. The number of hydrogen-bond acceptors (Lipinski definition) is 6. The largest absolute Gasteiger partial charge is 0.392 e. The summed E-state index contributed by atoms with van der Waals surface area (Å²) in [5, 5.41) is 11.0. The van der Waals surface area contributed by atoms with E-state index in [4.69, 9.17) is 58.8 Å². The van der Waals surface area contributed by atoms with Crippen molar-refractivity contribution < 1.29 is 14.3 Å².